The van der Waals surface area contributed by atoms with Crippen LogP contribution in [0.2, 0.25) is 0 Å². The molecule has 0 saturated carbocycles. The standard InChI is InChI=1S/C38H48N4O6/c1-4-18-40(21-20-39-22-24-47-25-23-39)36(46)33-38-17-16-37(3,48-38)31(34(44)41(19-5-2)26-28-12-8-6-9-13-28)32(38)35(45)42(33)30(27-43)29-14-10-7-11-15-29/h4-15,30-33,43H,1-2,16-27H2,3H3/t30-,31+,32+,33?,37-,38?/m1/s1. The Bertz CT molecular complexity index is 1480. The van der Waals surface area contributed by atoms with Gasteiger partial charge in [-0.1, -0.05) is 72.8 Å². The molecule has 1 spiro atoms. The molecule has 6 atom stereocenters. The maximum atomic E-state index is 15.0. The number of carbonyl (C=O) groups is 3. The van der Waals surface area contributed by atoms with Crippen LogP contribution in [0.15, 0.2) is 86.0 Å². The molecule has 0 radical (unpaired) electrons. The van der Waals surface area contributed by atoms with Crippen LogP contribution < -0.4 is 0 Å². The molecule has 2 bridgehead atoms. The highest BCUT2D eigenvalue weighted by Crippen LogP contribution is 2.64. The second-order valence-electron chi connectivity index (χ2n) is 13.6. The summed E-state index contributed by atoms with van der Waals surface area (Å²) in [6, 6.07) is 17.2. The van der Waals surface area contributed by atoms with Gasteiger partial charge in [-0.05, 0) is 30.9 Å². The average Bonchev–Trinajstić information content (AvgIpc) is 3.68. The van der Waals surface area contributed by atoms with E-state index in [4.69, 9.17) is 9.47 Å². The van der Waals surface area contributed by atoms with E-state index in [2.05, 4.69) is 18.1 Å². The molecule has 256 valence electrons. The number of rotatable bonds is 14. The summed E-state index contributed by atoms with van der Waals surface area (Å²) in [5.41, 5.74) is -0.478. The summed E-state index contributed by atoms with van der Waals surface area (Å²) >= 11 is 0. The van der Waals surface area contributed by atoms with Crippen molar-refractivity contribution in [1.29, 1.82) is 0 Å². The van der Waals surface area contributed by atoms with Crippen LogP contribution in [0.3, 0.4) is 0 Å². The van der Waals surface area contributed by atoms with Crippen molar-refractivity contribution in [2.75, 3.05) is 59.1 Å². The Hall–Kier alpha value is -3.83. The highest BCUT2D eigenvalue weighted by atomic mass is 16.5. The summed E-state index contributed by atoms with van der Waals surface area (Å²) in [5.74, 6) is -2.46. The van der Waals surface area contributed by atoms with E-state index in [1.165, 1.54) is 0 Å². The van der Waals surface area contributed by atoms with Crippen LogP contribution in [0.25, 0.3) is 0 Å². The zero-order valence-electron chi connectivity index (χ0n) is 27.9. The maximum Gasteiger partial charge on any atom is 0.248 e. The van der Waals surface area contributed by atoms with Crippen molar-refractivity contribution in [3.05, 3.63) is 97.1 Å². The predicted molar refractivity (Wildman–Crippen MR) is 181 cm³/mol. The second kappa shape index (κ2) is 14.3. The van der Waals surface area contributed by atoms with E-state index in [-0.39, 0.29) is 24.3 Å². The first-order chi connectivity index (χ1) is 23.3. The molecule has 2 aromatic rings. The number of amides is 3. The summed E-state index contributed by atoms with van der Waals surface area (Å²) in [7, 11) is 0. The third kappa shape index (κ3) is 6.11. The van der Waals surface area contributed by atoms with Crippen molar-refractivity contribution in [3.8, 4) is 0 Å². The molecule has 3 amide bonds. The molecule has 2 unspecified atom stereocenters. The Morgan fingerprint density at radius 3 is 2.27 bits per heavy atom. The van der Waals surface area contributed by atoms with Crippen LogP contribution in [0, 0.1) is 11.8 Å². The number of aliphatic hydroxyl groups is 1. The highest BCUT2D eigenvalue weighted by Gasteiger charge is 2.79. The van der Waals surface area contributed by atoms with Gasteiger partial charge in [-0.25, -0.2) is 0 Å². The molecule has 0 aliphatic carbocycles. The second-order valence-corrected chi connectivity index (χ2v) is 13.6. The molecule has 4 aliphatic heterocycles. The maximum absolute atomic E-state index is 15.0. The molecule has 0 aromatic heterocycles. The lowest BCUT2D eigenvalue weighted by atomic mass is 9.66. The molecule has 1 N–H and O–H groups in total. The lowest BCUT2D eigenvalue weighted by Gasteiger charge is -2.40. The zero-order valence-corrected chi connectivity index (χ0v) is 27.9. The van der Waals surface area contributed by atoms with Gasteiger partial charge in [-0.2, -0.15) is 0 Å². The Morgan fingerprint density at radius 1 is 0.979 bits per heavy atom. The van der Waals surface area contributed by atoms with Gasteiger partial charge in [0.05, 0.1) is 43.3 Å². The van der Waals surface area contributed by atoms with Crippen LogP contribution in [0.1, 0.15) is 36.9 Å². The van der Waals surface area contributed by atoms with E-state index < -0.39 is 35.1 Å². The van der Waals surface area contributed by atoms with Gasteiger partial charge in [-0.15, -0.1) is 13.2 Å². The molecule has 6 rings (SSSR count). The minimum atomic E-state index is -1.23. The van der Waals surface area contributed by atoms with Crippen molar-refractivity contribution in [3.63, 3.8) is 0 Å². The van der Waals surface area contributed by atoms with E-state index in [0.29, 0.717) is 64.3 Å². The molecular formula is C38H48N4O6. The number of morpholine rings is 1. The van der Waals surface area contributed by atoms with Gasteiger partial charge in [-0.3, -0.25) is 19.3 Å². The van der Waals surface area contributed by atoms with Gasteiger partial charge in [0.1, 0.15) is 11.6 Å². The van der Waals surface area contributed by atoms with Crippen LogP contribution in [0.4, 0.5) is 0 Å². The fourth-order valence-electron chi connectivity index (χ4n) is 8.48. The zero-order chi connectivity index (χ0) is 33.9. The SMILES string of the molecule is C=CCN(CCN1CCOCC1)C(=O)C1N([C@H](CO)c2ccccc2)C(=O)[C@@H]2[C@@H](C(=O)N(CC=C)Cc3ccccc3)[C@@]3(C)CCC12O3. The molecule has 10 heteroatoms. The van der Waals surface area contributed by atoms with Gasteiger partial charge >= 0.3 is 0 Å². The first-order valence-electron chi connectivity index (χ1n) is 17.1. The number of aliphatic hydroxyl groups excluding tert-OH is 1. The summed E-state index contributed by atoms with van der Waals surface area (Å²) in [6.07, 6.45) is 4.38. The number of nitrogens with zero attached hydrogens (tertiary/aromatic N) is 4. The van der Waals surface area contributed by atoms with E-state index in [0.717, 1.165) is 18.7 Å². The van der Waals surface area contributed by atoms with E-state index in [9.17, 15) is 19.5 Å². The quantitative estimate of drug-likeness (QED) is 0.312. The summed E-state index contributed by atoms with van der Waals surface area (Å²) < 4.78 is 12.5. The molecular weight excluding hydrogens is 608 g/mol. The number of ether oxygens (including phenoxy) is 2. The fraction of sp³-hybridized carbons (Fsp3) is 0.500. The Labute approximate surface area is 283 Å². The Balaban J connectivity index is 1.39. The number of hydrogen-bond donors (Lipinski definition) is 1. The van der Waals surface area contributed by atoms with Crippen molar-refractivity contribution in [2.45, 2.75) is 49.6 Å². The molecule has 4 aliphatic rings. The van der Waals surface area contributed by atoms with Crippen LogP contribution in [-0.2, 0) is 30.4 Å². The first kappa shape index (κ1) is 34.0. The molecule has 4 saturated heterocycles. The molecule has 4 fully saturated rings. The topological polar surface area (TPSA) is 103 Å². The predicted octanol–water partition coefficient (Wildman–Crippen LogP) is 3.05. The third-order valence-electron chi connectivity index (χ3n) is 10.7. The molecule has 48 heavy (non-hydrogen) atoms. The summed E-state index contributed by atoms with van der Waals surface area (Å²) in [6.45, 7) is 14.3. The van der Waals surface area contributed by atoms with E-state index in [1.807, 2.05) is 67.6 Å². The minimum Gasteiger partial charge on any atom is -0.394 e. The summed E-state index contributed by atoms with van der Waals surface area (Å²) in [4.78, 5) is 51.9. The largest absolute Gasteiger partial charge is 0.394 e. The normalized spacial score (nSPS) is 28.6. The van der Waals surface area contributed by atoms with Gasteiger partial charge in [0.25, 0.3) is 0 Å². The Morgan fingerprint density at radius 2 is 1.62 bits per heavy atom. The minimum absolute atomic E-state index is 0.190. The first-order valence-corrected chi connectivity index (χ1v) is 17.1. The van der Waals surface area contributed by atoms with E-state index in [1.54, 1.807) is 26.9 Å². The average molecular weight is 657 g/mol. The Kier molecular flexibility index (Phi) is 10.2. The number of likely N-dealkylation sites (tertiary alicyclic amines) is 1. The number of benzene rings is 2. The smallest absolute Gasteiger partial charge is 0.248 e. The van der Waals surface area contributed by atoms with E-state index >= 15 is 0 Å². The van der Waals surface area contributed by atoms with Crippen LogP contribution in [0.5, 0.6) is 0 Å². The fourth-order valence-corrected chi connectivity index (χ4v) is 8.48. The van der Waals surface area contributed by atoms with Gasteiger partial charge in [0, 0.05) is 45.8 Å². The summed E-state index contributed by atoms with van der Waals surface area (Å²) in [5, 5.41) is 10.9. The molecule has 4 heterocycles. The van der Waals surface area contributed by atoms with Crippen molar-refractivity contribution in [1.82, 2.24) is 19.6 Å². The highest BCUT2D eigenvalue weighted by molar-refractivity contribution is 5.99. The van der Waals surface area contributed by atoms with Gasteiger partial charge in [0.15, 0.2) is 0 Å². The lowest BCUT2D eigenvalue weighted by Crippen LogP contribution is -2.58. The number of fused-ring (bicyclic) bond motifs is 1. The van der Waals surface area contributed by atoms with Crippen LogP contribution in [-0.4, -0.2) is 119 Å². The van der Waals surface area contributed by atoms with Gasteiger partial charge < -0.3 is 29.3 Å². The van der Waals surface area contributed by atoms with Crippen molar-refractivity contribution >= 4 is 17.7 Å². The molecule has 10 nitrogen and oxygen atoms in total. The lowest BCUT2D eigenvalue weighted by molar-refractivity contribution is -0.156. The van der Waals surface area contributed by atoms with Crippen LogP contribution >= 0.6 is 0 Å². The number of hydrogen-bond acceptors (Lipinski definition) is 7. The number of carbonyl (C=O) groups excluding carboxylic acids is 3. The van der Waals surface area contributed by atoms with Crippen molar-refractivity contribution in [2.24, 2.45) is 11.8 Å². The van der Waals surface area contributed by atoms with Crippen molar-refractivity contribution < 1.29 is 29.0 Å². The monoisotopic (exact) mass is 656 g/mol. The van der Waals surface area contributed by atoms with Gasteiger partial charge in [0.2, 0.25) is 17.7 Å². The molecule has 2 aromatic carbocycles. The third-order valence-corrected chi connectivity index (χ3v) is 10.7.